The maximum Gasteiger partial charge on any atom is 1.00 e. The van der Waals surface area contributed by atoms with Gasteiger partial charge in [0.1, 0.15) is 0 Å². The van der Waals surface area contributed by atoms with Crippen molar-refractivity contribution < 1.29 is 48.7 Å². The van der Waals surface area contributed by atoms with Crippen molar-refractivity contribution in [3.63, 3.8) is 0 Å². The van der Waals surface area contributed by atoms with E-state index in [-0.39, 0.29) is 36.9 Å². The maximum absolute atomic E-state index is 12.2. The Labute approximate surface area is 144 Å². The quantitative estimate of drug-likeness (QED) is 0.526. The van der Waals surface area contributed by atoms with Crippen LogP contribution in [0, 0.1) is 0 Å². The molecule has 1 N–H and O–H groups in total. The summed E-state index contributed by atoms with van der Waals surface area (Å²) < 4.78 is 32.0. The Bertz CT molecular complexity index is 639. The predicted octanol–water partition coefficient (Wildman–Crippen LogP) is -1.31. The molecule has 0 fully saturated rings. The van der Waals surface area contributed by atoms with Crippen LogP contribution in [0.5, 0.6) is 0 Å². The molecule has 0 aliphatic carbocycles. The molecule has 1 amide bonds. The van der Waals surface area contributed by atoms with Gasteiger partial charge in [0.25, 0.3) is 10.1 Å². The summed E-state index contributed by atoms with van der Waals surface area (Å²) in [5, 5.41) is 0. The number of likely N-dealkylation sites (N-methyl/N-ethyl adjacent to an activating group) is 1. The monoisotopic (exact) mass is 357 g/mol. The molecule has 0 aromatic heterocycles. The third kappa shape index (κ3) is 3.06. The zero-order chi connectivity index (χ0) is 13.7. The first-order valence-electron chi connectivity index (χ1n) is 5.18. The van der Waals surface area contributed by atoms with Gasteiger partial charge in [0.2, 0.25) is 5.91 Å². The van der Waals surface area contributed by atoms with Gasteiger partial charge in [0.05, 0.1) is 11.2 Å². The Hall–Kier alpha value is 0.0800. The summed E-state index contributed by atoms with van der Waals surface area (Å²) in [6.45, 7) is 1.53. The number of fused-ring (bicyclic) bond motifs is 1. The molecule has 1 aliphatic rings. The van der Waals surface area contributed by atoms with Gasteiger partial charge in [-0.15, -0.1) is 0 Å². The molecule has 1 heterocycles. The van der Waals surface area contributed by atoms with Crippen molar-refractivity contribution in [1.82, 2.24) is 0 Å². The number of rotatable bonds is 2. The summed E-state index contributed by atoms with van der Waals surface area (Å²) in [6.07, 6.45) is 0. The van der Waals surface area contributed by atoms with E-state index in [1.807, 2.05) is 0 Å². The van der Waals surface area contributed by atoms with E-state index in [0.717, 1.165) is 4.47 Å². The number of hydrogen-bond acceptors (Lipinski definition) is 3. The van der Waals surface area contributed by atoms with Crippen LogP contribution in [0.25, 0.3) is 0 Å². The van der Waals surface area contributed by atoms with Gasteiger partial charge in [-0.1, -0.05) is 15.9 Å². The van der Waals surface area contributed by atoms with E-state index in [9.17, 15) is 13.2 Å². The van der Waals surface area contributed by atoms with Crippen molar-refractivity contribution in [2.24, 2.45) is 0 Å². The van der Waals surface area contributed by atoms with Gasteiger partial charge in [-0.2, -0.15) is 8.42 Å². The second-order valence-electron chi connectivity index (χ2n) is 4.58. The van der Waals surface area contributed by atoms with Crippen molar-refractivity contribution >= 4 is 37.6 Å². The Morgan fingerprint density at radius 1 is 1.47 bits per heavy atom. The number of halogens is 1. The molecule has 100 valence electrons. The molecule has 1 unspecified atom stereocenters. The minimum atomic E-state index is -4.24. The van der Waals surface area contributed by atoms with Gasteiger partial charge in [-0.25, -0.2) is 0 Å². The first-order chi connectivity index (χ1) is 8.15. The van der Waals surface area contributed by atoms with Crippen molar-refractivity contribution in [3.8, 4) is 0 Å². The Morgan fingerprint density at radius 3 is 2.58 bits per heavy atom. The number of hydrogen-bond donors (Lipinski definition) is 1. The number of amides is 1. The average molecular weight is 358 g/mol. The first-order valence-corrected chi connectivity index (χ1v) is 7.59. The van der Waals surface area contributed by atoms with Crippen molar-refractivity contribution in [2.75, 3.05) is 17.7 Å². The van der Waals surface area contributed by atoms with Gasteiger partial charge in [-0.05, 0) is 30.7 Å². The van der Waals surface area contributed by atoms with E-state index < -0.39 is 21.3 Å². The molecule has 1 aromatic carbocycles. The molecule has 19 heavy (non-hydrogen) atoms. The van der Waals surface area contributed by atoms with Gasteiger partial charge < -0.3 is 6.33 Å². The molecule has 0 radical (unpaired) electrons. The van der Waals surface area contributed by atoms with Gasteiger partial charge >= 0.3 is 29.6 Å². The summed E-state index contributed by atoms with van der Waals surface area (Å²) >= 11 is 3.29. The molecule has 2 rings (SSSR count). The van der Waals surface area contributed by atoms with E-state index in [0.29, 0.717) is 11.3 Å². The van der Waals surface area contributed by atoms with Crippen molar-refractivity contribution in [3.05, 3.63) is 28.2 Å². The average Bonchev–Trinajstić information content (AvgIpc) is 2.39. The zero-order valence-corrected chi connectivity index (χ0v) is 15.2. The molecule has 8 heteroatoms. The number of carbonyl (C=O) groups excluding carboxylic acids is 1. The van der Waals surface area contributed by atoms with E-state index >= 15 is 0 Å². The fourth-order valence-electron chi connectivity index (χ4n) is 2.34. The van der Waals surface area contributed by atoms with Crippen LogP contribution in [0.3, 0.4) is 0 Å². The first kappa shape index (κ1) is 17.1. The summed E-state index contributed by atoms with van der Waals surface area (Å²) in [5.74, 6) is -0.958. The van der Waals surface area contributed by atoms with Gasteiger partial charge in [0.15, 0.2) is 0 Å². The molecule has 5 nitrogen and oxygen atoms in total. The Kier molecular flexibility index (Phi) is 4.92. The third-order valence-electron chi connectivity index (χ3n) is 3.16. The topological polar surface area (TPSA) is 74.7 Å². The Morgan fingerprint density at radius 2 is 2.05 bits per heavy atom. The van der Waals surface area contributed by atoms with E-state index in [1.54, 1.807) is 25.2 Å². The standard InChI is InChI=1S/C11H12BrNO4S.Na.H/c1-11(6-18(15,16)17)8-5-7(12)3-4-9(8)13(2)10(11)14;;/h3-5H,6H2,1-2H3,(H,15,16,17);;/q;+1;-1. The van der Waals surface area contributed by atoms with Crippen molar-refractivity contribution in [2.45, 2.75) is 12.3 Å². The van der Waals surface area contributed by atoms with Crippen LogP contribution in [0.15, 0.2) is 22.7 Å². The number of anilines is 1. The van der Waals surface area contributed by atoms with Gasteiger partial charge in [0, 0.05) is 17.2 Å². The van der Waals surface area contributed by atoms with E-state index in [1.165, 1.54) is 11.8 Å². The van der Waals surface area contributed by atoms with Crippen LogP contribution in [0.4, 0.5) is 5.69 Å². The molecular weight excluding hydrogens is 345 g/mol. The summed E-state index contributed by atoms with van der Waals surface area (Å²) in [6, 6.07) is 5.23. The molecule has 0 spiro atoms. The third-order valence-corrected chi connectivity index (χ3v) is 4.60. The van der Waals surface area contributed by atoms with Gasteiger partial charge in [-0.3, -0.25) is 9.35 Å². The minimum Gasteiger partial charge on any atom is -1.00 e. The molecular formula is C11H13BrNNaO4S. The van der Waals surface area contributed by atoms with Crippen LogP contribution >= 0.6 is 15.9 Å². The summed E-state index contributed by atoms with van der Waals surface area (Å²) in [7, 11) is -2.65. The molecule has 1 atom stereocenters. The second-order valence-corrected chi connectivity index (χ2v) is 6.95. The molecule has 0 saturated heterocycles. The number of carbonyl (C=O) groups is 1. The van der Waals surface area contributed by atoms with Crippen molar-refractivity contribution in [1.29, 1.82) is 0 Å². The normalized spacial score (nSPS) is 22.1. The molecule has 0 bridgehead atoms. The van der Waals surface area contributed by atoms with Crippen LogP contribution in [0.1, 0.15) is 13.9 Å². The number of benzene rings is 1. The maximum atomic E-state index is 12.2. The SMILES string of the molecule is CN1C(=O)C(C)(CS(=O)(=O)O)c2cc(Br)ccc21.[H-].[Na+]. The van der Waals surface area contributed by atoms with E-state index in [4.69, 9.17) is 4.55 Å². The smallest absolute Gasteiger partial charge is 1.00 e. The largest absolute Gasteiger partial charge is 1.00 e. The zero-order valence-electron chi connectivity index (χ0n) is 11.8. The number of nitrogens with zero attached hydrogens (tertiary/aromatic N) is 1. The van der Waals surface area contributed by atoms with Crippen LogP contribution in [0.2, 0.25) is 0 Å². The molecule has 0 saturated carbocycles. The fraction of sp³-hybridized carbons (Fsp3) is 0.364. The second kappa shape index (κ2) is 5.46. The van der Waals surface area contributed by atoms with Crippen LogP contribution in [-0.2, 0) is 20.3 Å². The predicted molar refractivity (Wildman–Crippen MR) is 72.4 cm³/mol. The Balaban J connectivity index is 0.00000180. The minimum absolute atomic E-state index is 0. The van der Waals surface area contributed by atoms with Crippen LogP contribution < -0.4 is 34.5 Å². The molecule has 1 aromatic rings. The van der Waals surface area contributed by atoms with E-state index in [2.05, 4.69) is 15.9 Å². The fourth-order valence-corrected chi connectivity index (χ4v) is 3.71. The van der Waals surface area contributed by atoms with Crippen LogP contribution in [-0.4, -0.2) is 31.7 Å². The summed E-state index contributed by atoms with van der Waals surface area (Å²) in [4.78, 5) is 13.6. The summed E-state index contributed by atoms with van der Waals surface area (Å²) in [5.41, 5.74) is 0.0119. The molecule has 1 aliphatic heterocycles.